The van der Waals surface area contributed by atoms with E-state index in [2.05, 4.69) is 5.29 Å². The first-order valence-corrected chi connectivity index (χ1v) is 6.17. The molecule has 0 atom stereocenters. The van der Waals surface area contributed by atoms with Crippen molar-refractivity contribution in [2.75, 3.05) is 19.5 Å². The second-order valence-electron chi connectivity index (χ2n) is 4.11. The molecule has 0 saturated heterocycles. The topological polar surface area (TPSA) is 53.0 Å². The van der Waals surface area contributed by atoms with Gasteiger partial charge in [0.1, 0.15) is 0 Å². The molecule has 6 heteroatoms. The number of hydrogen-bond donors (Lipinski definition) is 0. The fourth-order valence-corrected chi connectivity index (χ4v) is 2.23. The second-order valence-corrected chi connectivity index (χ2v) is 4.49. The van der Waals surface area contributed by atoms with Gasteiger partial charge < -0.3 is 4.90 Å². The summed E-state index contributed by atoms with van der Waals surface area (Å²) in [6, 6.07) is -0.376. The fourth-order valence-electron chi connectivity index (χ4n) is 1.98. The van der Waals surface area contributed by atoms with Gasteiger partial charge in [0, 0.05) is 19.5 Å². The Hall–Kier alpha value is -0.840. The summed E-state index contributed by atoms with van der Waals surface area (Å²) in [6.45, 7) is 0.430. The van der Waals surface area contributed by atoms with Crippen LogP contribution < -0.4 is 0 Å². The molecular formula is C10H18ClN3O2. The van der Waals surface area contributed by atoms with Crippen LogP contribution in [0.2, 0.25) is 0 Å². The van der Waals surface area contributed by atoms with Gasteiger partial charge in [0.15, 0.2) is 0 Å². The molecule has 2 amide bonds. The van der Waals surface area contributed by atoms with Gasteiger partial charge in [-0.15, -0.1) is 16.5 Å². The van der Waals surface area contributed by atoms with Gasteiger partial charge in [0.05, 0.1) is 11.3 Å². The third-order valence-corrected chi connectivity index (χ3v) is 3.12. The molecule has 0 aromatic rings. The average Bonchev–Trinajstić information content (AvgIpc) is 2.31. The van der Waals surface area contributed by atoms with Crippen molar-refractivity contribution in [1.29, 1.82) is 0 Å². The first kappa shape index (κ1) is 13.2. The molecule has 1 rings (SSSR count). The highest BCUT2D eigenvalue weighted by molar-refractivity contribution is 6.18. The molecule has 0 heterocycles. The molecular weight excluding hydrogens is 230 g/mol. The Labute approximate surface area is 101 Å². The summed E-state index contributed by atoms with van der Waals surface area (Å²) in [7, 11) is 1.63. The third kappa shape index (κ3) is 3.33. The SMILES string of the molecule is CN(CCCl)C(=O)N(N=O)C1CCCCC1. The number of nitrogens with zero attached hydrogens (tertiary/aromatic N) is 3. The minimum atomic E-state index is -0.345. The van der Waals surface area contributed by atoms with E-state index in [1.54, 1.807) is 7.05 Å². The van der Waals surface area contributed by atoms with Crippen molar-refractivity contribution in [3.8, 4) is 0 Å². The van der Waals surface area contributed by atoms with Gasteiger partial charge in [-0.3, -0.25) is 0 Å². The number of amides is 2. The number of alkyl halides is 1. The van der Waals surface area contributed by atoms with E-state index < -0.39 is 0 Å². The Balaban J connectivity index is 2.57. The summed E-state index contributed by atoms with van der Waals surface area (Å²) in [5, 5.41) is 3.94. The first-order valence-electron chi connectivity index (χ1n) is 5.64. The summed E-state index contributed by atoms with van der Waals surface area (Å²) in [4.78, 5) is 24.0. The zero-order chi connectivity index (χ0) is 12.0. The second kappa shape index (κ2) is 6.68. The maximum Gasteiger partial charge on any atom is 0.343 e. The zero-order valence-corrected chi connectivity index (χ0v) is 10.3. The average molecular weight is 248 g/mol. The van der Waals surface area contributed by atoms with E-state index in [4.69, 9.17) is 11.6 Å². The van der Waals surface area contributed by atoms with Crippen molar-refractivity contribution < 1.29 is 4.79 Å². The predicted molar refractivity (Wildman–Crippen MR) is 63.3 cm³/mol. The number of nitroso groups, excluding NO2 is 1. The summed E-state index contributed by atoms with van der Waals surface area (Å²) in [5.41, 5.74) is 0. The lowest BCUT2D eigenvalue weighted by molar-refractivity contribution is 0.130. The minimum absolute atomic E-state index is 0.0310. The molecule has 0 bridgehead atoms. The number of hydrogen-bond acceptors (Lipinski definition) is 3. The maximum absolute atomic E-state index is 11.9. The van der Waals surface area contributed by atoms with E-state index in [-0.39, 0.29) is 12.1 Å². The molecule has 1 aliphatic rings. The Bertz CT molecular complexity index is 244. The van der Waals surface area contributed by atoms with E-state index in [1.807, 2.05) is 0 Å². The lowest BCUT2D eigenvalue weighted by Crippen LogP contribution is -2.44. The quantitative estimate of drug-likeness (QED) is 0.436. The van der Waals surface area contributed by atoms with Crippen LogP contribution in [-0.4, -0.2) is 41.5 Å². The van der Waals surface area contributed by atoms with Crippen LogP contribution in [-0.2, 0) is 0 Å². The van der Waals surface area contributed by atoms with Gasteiger partial charge in [0.2, 0.25) is 0 Å². The Morgan fingerprint density at radius 3 is 2.50 bits per heavy atom. The number of carbonyl (C=O) groups excluding carboxylic acids is 1. The molecule has 0 N–H and O–H groups in total. The van der Waals surface area contributed by atoms with Crippen molar-refractivity contribution in [3.05, 3.63) is 4.91 Å². The molecule has 0 radical (unpaired) electrons. The molecule has 0 spiro atoms. The molecule has 1 saturated carbocycles. The number of carbonyl (C=O) groups is 1. The number of halogens is 1. The van der Waals surface area contributed by atoms with Crippen molar-refractivity contribution in [2.45, 2.75) is 38.1 Å². The van der Waals surface area contributed by atoms with Gasteiger partial charge in [0.25, 0.3) is 0 Å². The van der Waals surface area contributed by atoms with Gasteiger partial charge in [-0.05, 0) is 12.8 Å². The van der Waals surface area contributed by atoms with Crippen LogP contribution in [0.15, 0.2) is 5.29 Å². The van der Waals surface area contributed by atoms with E-state index in [0.717, 1.165) is 30.7 Å². The molecule has 5 nitrogen and oxygen atoms in total. The molecule has 1 aliphatic carbocycles. The number of rotatable bonds is 4. The largest absolute Gasteiger partial charge is 0.343 e. The fraction of sp³-hybridized carbons (Fsp3) is 0.900. The normalized spacial score (nSPS) is 16.9. The number of urea groups is 1. The molecule has 0 aliphatic heterocycles. The summed E-state index contributed by atoms with van der Waals surface area (Å²) < 4.78 is 0. The highest BCUT2D eigenvalue weighted by Crippen LogP contribution is 2.23. The molecule has 0 aromatic carbocycles. The van der Waals surface area contributed by atoms with Gasteiger partial charge in [-0.25, -0.2) is 4.79 Å². The Kier molecular flexibility index (Phi) is 5.52. The zero-order valence-electron chi connectivity index (χ0n) is 9.56. The standard InChI is InChI=1S/C10H18ClN3O2/c1-13(8-7-11)10(15)14(12-16)9-5-3-2-4-6-9/h9H,2-8H2,1H3. The summed E-state index contributed by atoms with van der Waals surface area (Å²) in [5.74, 6) is 0.361. The van der Waals surface area contributed by atoms with Crippen molar-refractivity contribution in [3.63, 3.8) is 0 Å². The highest BCUT2D eigenvalue weighted by Gasteiger charge is 2.28. The lowest BCUT2D eigenvalue weighted by Gasteiger charge is -2.30. The van der Waals surface area contributed by atoms with Crippen molar-refractivity contribution in [2.24, 2.45) is 5.29 Å². The smallest absolute Gasteiger partial charge is 0.325 e. The van der Waals surface area contributed by atoms with Crippen LogP contribution in [0.25, 0.3) is 0 Å². The van der Waals surface area contributed by atoms with Crippen LogP contribution in [0.4, 0.5) is 4.79 Å². The highest BCUT2D eigenvalue weighted by atomic mass is 35.5. The van der Waals surface area contributed by atoms with E-state index in [9.17, 15) is 9.70 Å². The maximum atomic E-state index is 11.9. The van der Waals surface area contributed by atoms with Crippen LogP contribution >= 0.6 is 11.6 Å². The van der Waals surface area contributed by atoms with Crippen LogP contribution in [0.1, 0.15) is 32.1 Å². The molecule has 92 valence electrons. The monoisotopic (exact) mass is 247 g/mol. The molecule has 0 unspecified atom stereocenters. The summed E-state index contributed by atoms with van der Waals surface area (Å²) in [6.07, 6.45) is 5.03. The summed E-state index contributed by atoms with van der Waals surface area (Å²) >= 11 is 5.55. The van der Waals surface area contributed by atoms with E-state index in [0.29, 0.717) is 12.4 Å². The predicted octanol–water partition coefficient (Wildman–Crippen LogP) is 2.59. The molecule has 0 aromatic heterocycles. The van der Waals surface area contributed by atoms with Gasteiger partial charge in [-0.1, -0.05) is 19.3 Å². The first-order chi connectivity index (χ1) is 7.70. The van der Waals surface area contributed by atoms with Crippen LogP contribution in [0.3, 0.4) is 0 Å². The van der Waals surface area contributed by atoms with Gasteiger partial charge in [-0.2, -0.15) is 5.01 Å². The van der Waals surface area contributed by atoms with Crippen LogP contribution in [0, 0.1) is 4.91 Å². The van der Waals surface area contributed by atoms with Crippen LogP contribution in [0.5, 0.6) is 0 Å². The van der Waals surface area contributed by atoms with Crippen molar-refractivity contribution >= 4 is 17.6 Å². The molecule has 1 fully saturated rings. The van der Waals surface area contributed by atoms with Crippen molar-refractivity contribution in [1.82, 2.24) is 9.91 Å². The Morgan fingerprint density at radius 2 is 2.00 bits per heavy atom. The Morgan fingerprint density at radius 1 is 1.38 bits per heavy atom. The minimum Gasteiger partial charge on any atom is -0.325 e. The van der Waals surface area contributed by atoms with E-state index >= 15 is 0 Å². The lowest BCUT2D eigenvalue weighted by atomic mass is 9.95. The van der Waals surface area contributed by atoms with Gasteiger partial charge >= 0.3 is 6.03 Å². The van der Waals surface area contributed by atoms with E-state index in [1.165, 1.54) is 11.3 Å². The molecule has 16 heavy (non-hydrogen) atoms. The third-order valence-electron chi connectivity index (χ3n) is 2.95.